The van der Waals surface area contributed by atoms with E-state index < -0.39 is 0 Å². The van der Waals surface area contributed by atoms with E-state index in [1.165, 1.54) is 24.1 Å². The Morgan fingerprint density at radius 3 is 2.83 bits per heavy atom. The number of halogens is 1. The van der Waals surface area contributed by atoms with Gasteiger partial charge in [0, 0.05) is 17.8 Å². The summed E-state index contributed by atoms with van der Waals surface area (Å²) in [4.78, 5) is 2.50. The van der Waals surface area contributed by atoms with E-state index in [0.29, 0.717) is 6.04 Å². The Balaban J connectivity index is 1.73. The first-order valence-corrected chi connectivity index (χ1v) is 6.68. The SMILES string of the molecule is Clc1ccc(CN2CCCC2c2ccn[nH]2)cc1. The predicted molar refractivity (Wildman–Crippen MR) is 72.4 cm³/mol. The summed E-state index contributed by atoms with van der Waals surface area (Å²) >= 11 is 5.91. The second-order valence-electron chi connectivity index (χ2n) is 4.77. The third-order valence-corrected chi connectivity index (χ3v) is 3.80. The molecule has 1 aliphatic rings. The van der Waals surface area contributed by atoms with Crippen LogP contribution in [0.15, 0.2) is 36.5 Å². The lowest BCUT2D eigenvalue weighted by Gasteiger charge is -2.23. The Hall–Kier alpha value is -1.32. The normalized spacial score (nSPS) is 20.4. The number of hydrogen-bond donors (Lipinski definition) is 1. The maximum Gasteiger partial charge on any atom is 0.0523 e. The van der Waals surface area contributed by atoms with Crippen LogP contribution in [0.3, 0.4) is 0 Å². The van der Waals surface area contributed by atoms with Crippen molar-refractivity contribution >= 4 is 11.6 Å². The number of H-pyrrole nitrogens is 1. The number of hydrogen-bond acceptors (Lipinski definition) is 2. The van der Waals surface area contributed by atoms with Crippen LogP contribution in [0.4, 0.5) is 0 Å². The Morgan fingerprint density at radius 2 is 2.11 bits per heavy atom. The van der Waals surface area contributed by atoms with Crippen molar-refractivity contribution in [1.29, 1.82) is 0 Å². The highest BCUT2D eigenvalue weighted by Gasteiger charge is 2.26. The zero-order valence-corrected chi connectivity index (χ0v) is 10.9. The lowest BCUT2D eigenvalue weighted by Crippen LogP contribution is -2.23. The average Bonchev–Trinajstić information content (AvgIpc) is 3.02. The third kappa shape index (κ3) is 2.42. The van der Waals surface area contributed by atoms with Gasteiger partial charge in [-0.1, -0.05) is 23.7 Å². The number of aromatic amines is 1. The van der Waals surface area contributed by atoms with E-state index in [1.807, 2.05) is 18.3 Å². The van der Waals surface area contributed by atoms with Crippen LogP contribution < -0.4 is 0 Å². The van der Waals surface area contributed by atoms with Crippen LogP contribution in [0.25, 0.3) is 0 Å². The predicted octanol–water partition coefficient (Wildman–Crippen LogP) is 3.40. The fourth-order valence-corrected chi connectivity index (χ4v) is 2.77. The monoisotopic (exact) mass is 261 g/mol. The Labute approximate surface area is 112 Å². The lowest BCUT2D eigenvalue weighted by atomic mass is 10.1. The van der Waals surface area contributed by atoms with Crippen molar-refractivity contribution in [2.75, 3.05) is 6.54 Å². The standard InChI is InChI=1S/C14H16ClN3/c15-12-5-3-11(4-6-12)10-18-9-1-2-14(18)13-7-8-16-17-13/h3-8,14H,1-2,9-10H2,(H,16,17). The van der Waals surface area contributed by atoms with Crippen molar-refractivity contribution in [2.24, 2.45) is 0 Å². The zero-order valence-electron chi connectivity index (χ0n) is 10.1. The molecule has 3 rings (SSSR count). The van der Waals surface area contributed by atoms with Gasteiger partial charge in [-0.15, -0.1) is 0 Å². The number of nitrogens with zero attached hydrogens (tertiary/aromatic N) is 2. The first-order chi connectivity index (χ1) is 8.83. The van der Waals surface area contributed by atoms with Crippen molar-refractivity contribution in [2.45, 2.75) is 25.4 Å². The summed E-state index contributed by atoms with van der Waals surface area (Å²) < 4.78 is 0. The molecule has 2 aromatic rings. The van der Waals surface area contributed by atoms with Crippen LogP contribution in [0.5, 0.6) is 0 Å². The van der Waals surface area contributed by atoms with Crippen molar-refractivity contribution in [3.05, 3.63) is 52.8 Å². The molecule has 1 unspecified atom stereocenters. The molecule has 1 atom stereocenters. The van der Waals surface area contributed by atoms with Gasteiger partial charge >= 0.3 is 0 Å². The second-order valence-corrected chi connectivity index (χ2v) is 5.20. The number of rotatable bonds is 3. The molecule has 1 aromatic heterocycles. The van der Waals surface area contributed by atoms with Gasteiger partial charge in [0.1, 0.15) is 0 Å². The molecule has 2 heterocycles. The summed E-state index contributed by atoms with van der Waals surface area (Å²) in [5.74, 6) is 0. The highest BCUT2D eigenvalue weighted by atomic mass is 35.5. The van der Waals surface area contributed by atoms with E-state index in [-0.39, 0.29) is 0 Å². The van der Waals surface area contributed by atoms with Gasteiger partial charge in [0.2, 0.25) is 0 Å². The molecule has 0 saturated carbocycles. The minimum absolute atomic E-state index is 0.475. The quantitative estimate of drug-likeness (QED) is 0.918. The molecular formula is C14H16ClN3. The molecule has 1 aliphatic heterocycles. The van der Waals surface area contributed by atoms with Crippen LogP contribution in [-0.2, 0) is 6.54 Å². The fraction of sp³-hybridized carbons (Fsp3) is 0.357. The summed E-state index contributed by atoms with van der Waals surface area (Å²) in [6, 6.07) is 10.7. The molecule has 0 amide bonds. The smallest absolute Gasteiger partial charge is 0.0523 e. The van der Waals surface area contributed by atoms with Crippen LogP contribution >= 0.6 is 11.6 Å². The molecular weight excluding hydrogens is 246 g/mol. The number of nitrogens with one attached hydrogen (secondary N) is 1. The number of aromatic nitrogens is 2. The molecule has 1 fully saturated rings. The fourth-order valence-electron chi connectivity index (χ4n) is 2.64. The highest BCUT2D eigenvalue weighted by Crippen LogP contribution is 2.31. The van der Waals surface area contributed by atoms with Crippen LogP contribution in [0, 0.1) is 0 Å². The summed E-state index contributed by atoms with van der Waals surface area (Å²) in [7, 11) is 0. The topological polar surface area (TPSA) is 31.9 Å². The maximum absolute atomic E-state index is 5.91. The van der Waals surface area contributed by atoms with E-state index in [4.69, 9.17) is 11.6 Å². The molecule has 1 aromatic carbocycles. The van der Waals surface area contributed by atoms with Crippen LogP contribution in [0.1, 0.15) is 30.1 Å². The minimum Gasteiger partial charge on any atom is -0.291 e. The van der Waals surface area contributed by atoms with Gasteiger partial charge in [-0.05, 0) is 43.1 Å². The zero-order chi connectivity index (χ0) is 12.4. The Kier molecular flexibility index (Phi) is 3.35. The maximum atomic E-state index is 5.91. The molecule has 0 bridgehead atoms. The van der Waals surface area contributed by atoms with E-state index in [2.05, 4.69) is 33.3 Å². The van der Waals surface area contributed by atoms with Crippen molar-refractivity contribution in [1.82, 2.24) is 15.1 Å². The van der Waals surface area contributed by atoms with E-state index >= 15 is 0 Å². The van der Waals surface area contributed by atoms with Crippen molar-refractivity contribution in [3.63, 3.8) is 0 Å². The highest BCUT2D eigenvalue weighted by molar-refractivity contribution is 6.30. The van der Waals surface area contributed by atoms with Gasteiger partial charge in [0.05, 0.1) is 11.7 Å². The van der Waals surface area contributed by atoms with Gasteiger partial charge in [-0.2, -0.15) is 5.10 Å². The first kappa shape index (κ1) is 11.8. The summed E-state index contributed by atoms with van der Waals surface area (Å²) in [5.41, 5.74) is 2.53. The molecule has 0 spiro atoms. The minimum atomic E-state index is 0.475. The second kappa shape index (κ2) is 5.12. The summed E-state index contributed by atoms with van der Waals surface area (Å²) in [5, 5.41) is 7.94. The summed E-state index contributed by atoms with van der Waals surface area (Å²) in [6.45, 7) is 2.12. The van der Waals surface area contributed by atoms with Gasteiger partial charge in [-0.25, -0.2) is 0 Å². The van der Waals surface area contributed by atoms with Gasteiger partial charge in [0.25, 0.3) is 0 Å². The van der Waals surface area contributed by atoms with Crippen molar-refractivity contribution < 1.29 is 0 Å². The molecule has 3 nitrogen and oxygen atoms in total. The Morgan fingerprint density at radius 1 is 1.28 bits per heavy atom. The lowest BCUT2D eigenvalue weighted by molar-refractivity contribution is 0.244. The molecule has 0 radical (unpaired) electrons. The van der Waals surface area contributed by atoms with Gasteiger partial charge in [0.15, 0.2) is 0 Å². The Bertz CT molecular complexity index is 492. The molecule has 94 valence electrons. The van der Waals surface area contributed by atoms with E-state index in [0.717, 1.165) is 18.1 Å². The van der Waals surface area contributed by atoms with Gasteiger partial charge in [-0.3, -0.25) is 10.00 Å². The summed E-state index contributed by atoms with van der Waals surface area (Å²) in [6.07, 6.45) is 4.28. The molecule has 0 aliphatic carbocycles. The van der Waals surface area contributed by atoms with Gasteiger partial charge < -0.3 is 0 Å². The third-order valence-electron chi connectivity index (χ3n) is 3.54. The van der Waals surface area contributed by atoms with E-state index in [9.17, 15) is 0 Å². The van der Waals surface area contributed by atoms with Crippen LogP contribution in [0.2, 0.25) is 5.02 Å². The number of likely N-dealkylation sites (tertiary alicyclic amines) is 1. The molecule has 4 heteroatoms. The molecule has 1 saturated heterocycles. The van der Waals surface area contributed by atoms with Crippen molar-refractivity contribution in [3.8, 4) is 0 Å². The first-order valence-electron chi connectivity index (χ1n) is 6.31. The average molecular weight is 262 g/mol. The van der Waals surface area contributed by atoms with E-state index in [1.54, 1.807) is 0 Å². The largest absolute Gasteiger partial charge is 0.291 e. The van der Waals surface area contributed by atoms with Crippen LogP contribution in [-0.4, -0.2) is 21.6 Å². The molecule has 1 N–H and O–H groups in total. The molecule has 18 heavy (non-hydrogen) atoms. The number of benzene rings is 1.